The van der Waals surface area contributed by atoms with Gasteiger partial charge in [0.25, 0.3) is 15.7 Å². The summed E-state index contributed by atoms with van der Waals surface area (Å²) >= 11 is 3.42. The molecule has 2 amide bonds. The number of non-ortho nitro benzene ring substituents is 1. The van der Waals surface area contributed by atoms with Gasteiger partial charge in [0.15, 0.2) is 0 Å². The molecule has 0 saturated carbocycles. The first kappa shape index (κ1) is 33.3. The Labute approximate surface area is 271 Å². The minimum Gasteiger partial charge on any atom is -0.354 e. The lowest BCUT2D eigenvalue weighted by atomic mass is 10.0. The van der Waals surface area contributed by atoms with Crippen molar-refractivity contribution < 1.29 is 22.9 Å². The quantitative estimate of drug-likeness (QED) is 0.133. The lowest BCUT2D eigenvalue weighted by Gasteiger charge is -2.34. The molecule has 0 unspecified atom stereocenters. The zero-order valence-corrected chi connectivity index (χ0v) is 27.0. The molecule has 4 aromatic carbocycles. The van der Waals surface area contributed by atoms with Crippen LogP contribution in [0.3, 0.4) is 0 Å². The SMILES string of the molecule is CCCNC(=O)[C@@H](Cc1ccccc1)N(Cc1ccc(Br)cc1)C(=O)CN(c1cccc([N+](=O)[O-])c1)S(=O)(=O)c1ccccc1. The maximum absolute atomic E-state index is 14.4. The van der Waals surface area contributed by atoms with E-state index in [4.69, 9.17) is 0 Å². The number of nitro groups is 1. The van der Waals surface area contributed by atoms with Crippen molar-refractivity contribution in [3.63, 3.8) is 0 Å². The number of nitrogens with zero attached hydrogens (tertiary/aromatic N) is 3. The number of amides is 2. The molecule has 12 heteroatoms. The van der Waals surface area contributed by atoms with E-state index in [1.54, 1.807) is 18.2 Å². The summed E-state index contributed by atoms with van der Waals surface area (Å²) in [4.78, 5) is 40.3. The van der Waals surface area contributed by atoms with Crippen LogP contribution in [0.1, 0.15) is 24.5 Å². The molecular weight excluding hydrogens is 660 g/mol. The highest BCUT2D eigenvalue weighted by Crippen LogP contribution is 2.28. The summed E-state index contributed by atoms with van der Waals surface area (Å²) in [6, 6.07) is 28.2. The minimum absolute atomic E-state index is 0.0112. The van der Waals surface area contributed by atoms with Gasteiger partial charge < -0.3 is 10.2 Å². The molecule has 10 nitrogen and oxygen atoms in total. The van der Waals surface area contributed by atoms with E-state index in [1.165, 1.54) is 35.2 Å². The van der Waals surface area contributed by atoms with Crippen LogP contribution >= 0.6 is 15.9 Å². The molecule has 234 valence electrons. The Hall–Kier alpha value is -4.55. The van der Waals surface area contributed by atoms with Gasteiger partial charge in [-0.3, -0.25) is 24.0 Å². The van der Waals surface area contributed by atoms with Gasteiger partial charge in [-0.05, 0) is 47.9 Å². The number of nitro benzene ring substituents is 1. The highest BCUT2D eigenvalue weighted by atomic mass is 79.9. The Balaban J connectivity index is 1.81. The first-order valence-electron chi connectivity index (χ1n) is 14.3. The van der Waals surface area contributed by atoms with Gasteiger partial charge in [0, 0.05) is 36.1 Å². The molecule has 45 heavy (non-hydrogen) atoms. The topological polar surface area (TPSA) is 130 Å². The van der Waals surface area contributed by atoms with Crippen molar-refractivity contribution in [3.8, 4) is 0 Å². The highest BCUT2D eigenvalue weighted by Gasteiger charge is 2.35. The third-order valence-electron chi connectivity index (χ3n) is 7.03. The molecule has 0 aliphatic rings. The second-order valence-electron chi connectivity index (χ2n) is 10.2. The van der Waals surface area contributed by atoms with Crippen molar-refractivity contribution in [3.05, 3.63) is 135 Å². The van der Waals surface area contributed by atoms with E-state index in [2.05, 4.69) is 21.2 Å². The normalized spacial score (nSPS) is 11.8. The van der Waals surface area contributed by atoms with E-state index in [9.17, 15) is 28.1 Å². The predicted octanol–water partition coefficient (Wildman–Crippen LogP) is 5.72. The number of benzene rings is 4. The molecule has 1 atom stereocenters. The second-order valence-corrected chi connectivity index (χ2v) is 13.0. The summed E-state index contributed by atoms with van der Waals surface area (Å²) in [6.45, 7) is 1.62. The Morgan fingerprint density at radius 3 is 2.16 bits per heavy atom. The van der Waals surface area contributed by atoms with Crippen LogP contribution in [-0.4, -0.2) is 49.2 Å². The van der Waals surface area contributed by atoms with Crippen LogP contribution in [0.5, 0.6) is 0 Å². The van der Waals surface area contributed by atoms with Gasteiger partial charge in [0.05, 0.1) is 15.5 Å². The molecule has 0 spiro atoms. The van der Waals surface area contributed by atoms with E-state index in [0.717, 1.165) is 26.0 Å². The molecule has 0 aliphatic heterocycles. The molecular formula is C33H33BrN4O6S. The molecule has 0 bridgehead atoms. The number of rotatable bonds is 14. The van der Waals surface area contributed by atoms with Crippen molar-refractivity contribution in [2.75, 3.05) is 17.4 Å². The first-order chi connectivity index (χ1) is 21.6. The highest BCUT2D eigenvalue weighted by molar-refractivity contribution is 9.10. The summed E-state index contributed by atoms with van der Waals surface area (Å²) in [7, 11) is -4.37. The van der Waals surface area contributed by atoms with Crippen LogP contribution in [0.2, 0.25) is 0 Å². The van der Waals surface area contributed by atoms with E-state index in [-0.39, 0.29) is 35.1 Å². The van der Waals surface area contributed by atoms with Crippen LogP contribution in [0.25, 0.3) is 0 Å². The summed E-state index contributed by atoms with van der Waals surface area (Å²) in [6.07, 6.45) is 0.862. The number of hydrogen-bond acceptors (Lipinski definition) is 6. The Kier molecular flexibility index (Phi) is 11.4. The van der Waals surface area contributed by atoms with Crippen LogP contribution in [-0.2, 0) is 32.6 Å². The van der Waals surface area contributed by atoms with Gasteiger partial charge >= 0.3 is 0 Å². The predicted molar refractivity (Wildman–Crippen MR) is 176 cm³/mol. The number of hydrogen-bond donors (Lipinski definition) is 1. The summed E-state index contributed by atoms with van der Waals surface area (Å²) in [5, 5.41) is 14.5. The molecule has 0 aromatic heterocycles. The Morgan fingerprint density at radius 2 is 1.53 bits per heavy atom. The fraction of sp³-hybridized carbons (Fsp3) is 0.212. The summed E-state index contributed by atoms with van der Waals surface area (Å²) < 4.78 is 29.7. The second kappa shape index (κ2) is 15.4. The van der Waals surface area contributed by atoms with Crippen molar-refractivity contribution in [2.24, 2.45) is 0 Å². The maximum atomic E-state index is 14.4. The van der Waals surface area contributed by atoms with E-state index in [1.807, 2.05) is 61.5 Å². The molecule has 1 N–H and O–H groups in total. The van der Waals surface area contributed by atoms with Gasteiger partial charge in [-0.1, -0.05) is 89.6 Å². The van der Waals surface area contributed by atoms with E-state index in [0.29, 0.717) is 13.0 Å². The zero-order chi connectivity index (χ0) is 32.4. The molecule has 0 saturated heterocycles. The number of halogens is 1. The standard InChI is InChI=1S/C33H33BrN4O6S/c1-2-20-35-33(40)31(21-25-10-5-3-6-11-25)36(23-26-16-18-27(34)19-17-26)32(39)24-37(28-12-9-13-29(22-28)38(41)42)45(43,44)30-14-7-4-8-15-30/h3-19,22,31H,2,20-21,23-24H2,1H3,(H,35,40)/t31-/m1/s1. The van der Waals surface area contributed by atoms with Gasteiger partial charge in [0.1, 0.15) is 12.6 Å². The van der Waals surface area contributed by atoms with E-state index < -0.39 is 33.4 Å². The third-order valence-corrected chi connectivity index (χ3v) is 9.34. The Bertz CT molecular complexity index is 1720. The lowest BCUT2D eigenvalue weighted by Crippen LogP contribution is -2.53. The molecule has 4 aromatic rings. The monoisotopic (exact) mass is 692 g/mol. The number of carbonyl (C=O) groups is 2. The third kappa shape index (κ3) is 8.77. The number of anilines is 1. The average molecular weight is 694 g/mol. The minimum atomic E-state index is -4.37. The fourth-order valence-electron chi connectivity index (χ4n) is 4.72. The number of nitrogens with one attached hydrogen (secondary N) is 1. The number of carbonyl (C=O) groups excluding carboxylic acids is 2. The fourth-order valence-corrected chi connectivity index (χ4v) is 6.41. The van der Waals surface area contributed by atoms with Crippen molar-refractivity contribution in [2.45, 2.75) is 37.2 Å². The van der Waals surface area contributed by atoms with Crippen molar-refractivity contribution >= 4 is 49.1 Å². The Morgan fingerprint density at radius 1 is 0.889 bits per heavy atom. The van der Waals surface area contributed by atoms with Crippen LogP contribution in [0, 0.1) is 10.1 Å². The first-order valence-corrected chi connectivity index (χ1v) is 16.5. The average Bonchev–Trinajstić information content (AvgIpc) is 3.05. The summed E-state index contributed by atoms with van der Waals surface area (Å²) in [5.74, 6) is -1.03. The molecule has 0 radical (unpaired) electrons. The smallest absolute Gasteiger partial charge is 0.271 e. The molecule has 0 fully saturated rings. The molecule has 4 rings (SSSR count). The van der Waals surface area contributed by atoms with Crippen molar-refractivity contribution in [1.82, 2.24) is 10.2 Å². The van der Waals surface area contributed by atoms with Crippen LogP contribution in [0.15, 0.2) is 119 Å². The number of sulfonamides is 1. The largest absolute Gasteiger partial charge is 0.354 e. The molecule has 0 heterocycles. The maximum Gasteiger partial charge on any atom is 0.271 e. The van der Waals surface area contributed by atoms with Gasteiger partial charge in [0.2, 0.25) is 11.8 Å². The summed E-state index contributed by atoms with van der Waals surface area (Å²) in [5.41, 5.74) is 1.15. The van der Waals surface area contributed by atoms with Gasteiger partial charge in [-0.15, -0.1) is 0 Å². The van der Waals surface area contributed by atoms with Crippen molar-refractivity contribution in [1.29, 1.82) is 0 Å². The molecule has 0 aliphatic carbocycles. The zero-order valence-electron chi connectivity index (χ0n) is 24.6. The van der Waals surface area contributed by atoms with Crippen LogP contribution < -0.4 is 9.62 Å². The van der Waals surface area contributed by atoms with Gasteiger partial charge in [-0.25, -0.2) is 8.42 Å². The lowest BCUT2D eigenvalue weighted by molar-refractivity contribution is -0.384. The van der Waals surface area contributed by atoms with E-state index >= 15 is 0 Å². The van der Waals surface area contributed by atoms with Gasteiger partial charge in [-0.2, -0.15) is 0 Å². The van der Waals surface area contributed by atoms with Crippen LogP contribution in [0.4, 0.5) is 11.4 Å².